The molecule has 0 fully saturated rings. The van der Waals surface area contributed by atoms with E-state index in [2.05, 4.69) is 42.0 Å². The first kappa shape index (κ1) is 33.8. The minimum absolute atomic E-state index is 0.000139. The first-order valence-electron chi connectivity index (χ1n) is 11.8. The molecule has 0 aliphatic rings. The van der Waals surface area contributed by atoms with Crippen molar-refractivity contribution in [2.24, 2.45) is 0 Å². The van der Waals surface area contributed by atoms with Crippen molar-refractivity contribution >= 4 is 31.6 Å². The summed E-state index contributed by atoms with van der Waals surface area (Å²) in [4.78, 5) is 1.67. The van der Waals surface area contributed by atoms with Crippen LogP contribution in [0.15, 0.2) is 46.2 Å². The van der Waals surface area contributed by atoms with Gasteiger partial charge in [-0.1, -0.05) is 38.8 Å². The predicted octanol–water partition coefficient (Wildman–Crippen LogP) is 0.188. The third kappa shape index (κ3) is 13.2. The van der Waals surface area contributed by atoms with Gasteiger partial charge in [0.2, 0.25) is 0 Å². The zero-order chi connectivity index (χ0) is 28.1. The first-order chi connectivity index (χ1) is 16.5. The summed E-state index contributed by atoms with van der Waals surface area (Å²) in [7, 11) is -1.11. The average Bonchev–Trinajstić information content (AvgIpc) is 2.76. The maximum Gasteiger partial charge on any atom is 0.125 e. The molecule has 0 saturated carbocycles. The Bertz CT molecular complexity index is 1060. The van der Waals surface area contributed by atoms with Crippen LogP contribution in [0, 0.1) is 0 Å². The molecule has 2 aromatic rings. The molecule has 12 heteroatoms. The Balaban J connectivity index is 0.000000720. The summed E-state index contributed by atoms with van der Waals surface area (Å²) < 4.78 is 68.1. The number of unbranched alkanes of at least 4 members (excludes halogenated alkanes) is 2. The van der Waals surface area contributed by atoms with E-state index in [9.17, 15) is 25.9 Å². The molecule has 2 rings (SSSR count). The first-order valence-corrected chi connectivity index (χ1v) is 14.6. The molecule has 0 aliphatic heterocycles. The van der Waals surface area contributed by atoms with E-state index in [0.717, 1.165) is 24.3 Å². The number of rotatable bonds is 9. The van der Waals surface area contributed by atoms with Gasteiger partial charge in [-0.3, -0.25) is 0 Å². The Kier molecular flexibility index (Phi) is 14.8. The summed E-state index contributed by atoms with van der Waals surface area (Å²) in [5.41, 5.74) is 10.4. The molecule has 0 spiro atoms. The predicted molar refractivity (Wildman–Crippen MR) is 142 cm³/mol. The van der Waals surface area contributed by atoms with E-state index < -0.39 is 30.0 Å². The summed E-state index contributed by atoms with van der Waals surface area (Å²) in [5, 5.41) is 0. The minimum Gasteiger partial charge on any atom is -0.744 e. The van der Waals surface area contributed by atoms with Crippen molar-refractivity contribution in [2.45, 2.75) is 49.3 Å². The summed E-state index contributed by atoms with van der Waals surface area (Å²) in [6.07, 6.45) is 5.38. The second-order valence-corrected chi connectivity index (χ2v) is 11.7. The van der Waals surface area contributed by atoms with Crippen LogP contribution in [0.2, 0.25) is 0 Å². The lowest BCUT2D eigenvalue weighted by atomic mass is 10.0. The third-order valence-electron chi connectivity index (χ3n) is 4.90. The molecule has 0 aliphatic carbocycles. The number of benzene rings is 2. The van der Waals surface area contributed by atoms with Crippen molar-refractivity contribution in [3.63, 3.8) is 0 Å². The van der Waals surface area contributed by atoms with E-state index >= 15 is 0 Å². The van der Waals surface area contributed by atoms with E-state index in [0.29, 0.717) is 0 Å². The molecule has 0 radical (unpaired) electrons. The highest BCUT2D eigenvalue weighted by molar-refractivity contribution is 7.86. The highest BCUT2D eigenvalue weighted by Crippen LogP contribution is 2.34. The van der Waals surface area contributed by atoms with Crippen LogP contribution in [-0.4, -0.2) is 67.2 Å². The number of hydrogen-bond acceptors (Lipinski definition) is 8. The normalized spacial score (nSPS) is 11.5. The van der Waals surface area contributed by atoms with Crippen LogP contribution < -0.4 is 21.3 Å². The molecule has 2 aromatic carbocycles. The summed E-state index contributed by atoms with van der Waals surface area (Å²) in [5.74, 6) is 0. The van der Waals surface area contributed by atoms with Crippen molar-refractivity contribution in [1.29, 1.82) is 0 Å². The van der Waals surface area contributed by atoms with E-state index in [1.54, 1.807) is 9.80 Å². The lowest BCUT2D eigenvalue weighted by Gasteiger charge is -2.18. The number of anilines is 2. The fourth-order valence-corrected chi connectivity index (χ4v) is 4.45. The lowest BCUT2D eigenvalue weighted by molar-refractivity contribution is -0.858. The molecule has 6 N–H and O–H groups in total. The van der Waals surface area contributed by atoms with Gasteiger partial charge < -0.3 is 30.4 Å². The van der Waals surface area contributed by atoms with Gasteiger partial charge in [-0.15, -0.1) is 0 Å². The molecule has 0 saturated heterocycles. The van der Waals surface area contributed by atoms with Crippen molar-refractivity contribution in [1.82, 2.24) is 0 Å². The molecular formula is C24H42N4O6S2. The molecule has 0 amide bonds. The molecule has 206 valence electrons. The van der Waals surface area contributed by atoms with Crippen molar-refractivity contribution in [2.75, 3.05) is 52.7 Å². The van der Waals surface area contributed by atoms with Crippen LogP contribution in [0.3, 0.4) is 0 Å². The Hall–Kier alpha value is -2.22. The van der Waals surface area contributed by atoms with Gasteiger partial charge in [-0.25, -0.2) is 16.8 Å². The van der Waals surface area contributed by atoms with E-state index in [1.165, 1.54) is 50.9 Å². The highest BCUT2D eigenvalue weighted by atomic mass is 32.2. The Labute approximate surface area is 216 Å². The Morgan fingerprint density at radius 1 is 0.667 bits per heavy atom. The number of quaternary nitrogens is 2. The van der Waals surface area contributed by atoms with Crippen LogP contribution in [0.5, 0.6) is 0 Å². The number of nitrogens with one attached hydrogen (secondary N) is 2. The van der Waals surface area contributed by atoms with E-state index in [-0.39, 0.29) is 22.5 Å². The molecule has 0 atom stereocenters. The van der Waals surface area contributed by atoms with Gasteiger partial charge in [0.25, 0.3) is 0 Å². The number of nitrogens with two attached hydrogens (primary N) is 2. The van der Waals surface area contributed by atoms with Crippen LogP contribution in [-0.2, 0) is 20.2 Å². The zero-order valence-electron chi connectivity index (χ0n) is 22.1. The van der Waals surface area contributed by atoms with Crippen LogP contribution in [0.4, 0.5) is 11.4 Å². The maximum absolute atomic E-state index is 11.3. The standard InChI is InChI=1S/C12H12N2O6S2.2C6H15N/c13-7-1-3-9(11(5-7)21(15,16)17)10-4-2-8(14)6-12(10)22(18,19)20;2*1-4-5-6-7(2)3/h1-6H,13-14H2,(H,15,16,17)(H,18,19,20);2*4-6H2,1-3H3. The monoisotopic (exact) mass is 546 g/mol. The van der Waals surface area contributed by atoms with E-state index in [1.807, 2.05) is 0 Å². The van der Waals surface area contributed by atoms with Gasteiger partial charge in [-0.2, -0.15) is 0 Å². The second kappa shape index (κ2) is 15.8. The summed E-state index contributed by atoms with van der Waals surface area (Å²) in [6, 6.07) is 6.66. The average molecular weight is 547 g/mol. The highest BCUT2D eigenvalue weighted by Gasteiger charge is 2.17. The quantitative estimate of drug-likeness (QED) is 0.254. The zero-order valence-corrected chi connectivity index (χ0v) is 23.8. The van der Waals surface area contributed by atoms with Gasteiger partial charge in [0.1, 0.15) is 20.2 Å². The van der Waals surface area contributed by atoms with Gasteiger partial charge in [0.15, 0.2) is 0 Å². The second-order valence-electron chi connectivity index (χ2n) is 9.04. The van der Waals surface area contributed by atoms with Gasteiger partial charge in [0.05, 0.1) is 51.1 Å². The Morgan fingerprint density at radius 2 is 0.972 bits per heavy atom. The van der Waals surface area contributed by atoms with Crippen LogP contribution >= 0.6 is 0 Å². The van der Waals surface area contributed by atoms with Gasteiger partial charge in [-0.05, 0) is 37.1 Å². The molecule has 0 aromatic heterocycles. The summed E-state index contributed by atoms with van der Waals surface area (Å²) in [6.45, 7) is 7.08. The largest absolute Gasteiger partial charge is 0.744 e. The topological polar surface area (TPSA) is 175 Å². The molecule has 0 bridgehead atoms. The SMILES string of the molecule is CCCC[NH+](C)C.CCCC[NH+](C)C.Nc1ccc(-c2ccc(N)cc2S(=O)(=O)[O-])c(S(=O)(=O)[O-])c1. The molecule has 0 heterocycles. The molecule has 10 nitrogen and oxygen atoms in total. The van der Waals surface area contributed by atoms with Crippen molar-refractivity contribution < 1.29 is 35.7 Å². The Morgan fingerprint density at radius 3 is 1.17 bits per heavy atom. The van der Waals surface area contributed by atoms with Crippen molar-refractivity contribution in [3.8, 4) is 11.1 Å². The fraction of sp³-hybridized carbons (Fsp3) is 0.500. The molecule has 36 heavy (non-hydrogen) atoms. The lowest BCUT2D eigenvalue weighted by Crippen LogP contribution is -3.05. The van der Waals surface area contributed by atoms with Gasteiger partial charge >= 0.3 is 0 Å². The third-order valence-corrected chi connectivity index (χ3v) is 6.65. The molecule has 0 unspecified atom stereocenters. The van der Waals surface area contributed by atoms with Crippen LogP contribution in [0.1, 0.15) is 39.5 Å². The maximum atomic E-state index is 11.3. The fourth-order valence-electron chi connectivity index (χ4n) is 3.00. The van der Waals surface area contributed by atoms with Gasteiger partial charge in [0, 0.05) is 22.5 Å². The number of hydrogen-bond donors (Lipinski definition) is 4. The smallest absolute Gasteiger partial charge is 0.125 e. The molecular weight excluding hydrogens is 504 g/mol. The number of nitrogen functional groups attached to an aromatic ring is 2. The summed E-state index contributed by atoms with van der Waals surface area (Å²) >= 11 is 0. The van der Waals surface area contributed by atoms with Crippen LogP contribution in [0.25, 0.3) is 11.1 Å². The van der Waals surface area contributed by atoms with E-state index in [4.69, 9.17) is 11.5 Å². The van der Waals surface area contributed by atoms with Crippen molar-refractivity contribution in [3.05, 3.63) is 36.4 Å². The minimum atomic E-state index is -4.93.